The third kappa shape index (κ3) is 2.74. The lowest BCUT2D eigenvalue weighted by Gasteiger charge is -2.47. The Kier molecular flexibility index (Phi) is 3.44. The van der Waals surface area contributed by atoms with Gasteiger partial charge >= 0.3 is 0 Å². The second-order valence-electron chi connectivity index (χ2n) is 5.75. The van der Waals surface area contributed by atoms with Crippen molar-refractivity contribution in [1.82, 2.24) is 0 Å². The van der Waals surface area contributed by atoms with Gasteiger partial charge in [-0.05, 0) is 49.8 Å². The van der Waals surface area contributed by atoms with Gasteiger partial charge in [-0.1, -0.05) is 12.1 Å². The molecule has 1 saturated heterocycles. The van der Waals surface area contributed by atoms with Crippen molar-refractivity contribution in [3.8, 4) is 6.07 Å². The van der Waals surface area contributed by atoms with Crippen LogP contribution in [-0.2, 0) is 11.2 Å². The molecule has 1 unspecified atom stereocenters. The second kappa shape index (κ2) is 5.22. The standard InChI is InChI=1S/C16H20N2O/c17-10-6-13-2-4-14(5-3-13)18-15-7-11-19-16(12-15)8-1-9-16/h2-5,15,18H,1,6-9,11-12H2. The molecule has 1 atom stereocenters. The molecule has 1 aromatic carbocycles. The number of nitrogens with zero attached hydrogens (tertiary/aromatic N) is 1. The smallest absolute Gasteiger partial charge is 0.0702 e. The molecule has 19 heavy (non-hydrogen) atoms. The van der Waals surface area contributed by atoms with Crippen molar-refractivity contribution in [3.05, 3.63) is 29.8 Å². The molecular weight excluding hydrogens is 236 g/mol. The topological polar surface area (TPSA) is 45.0 Å². The largest absolute Gasteiger partial charge is 0.382 e. The van der Waals surface area contributed by atoms with Gasteiger partial charge in [-0.3, -0.25) is 0 Å². The molecule has 0 bridgehead atoms. The highest BCUT2D eigenvalue weighted by atomic mass is 16.5. The first-order valence-corrected chi connectivity index (χ1v) is 7.16. The van der Waals surface area contributed by atoms with Gasteiger partial charge in [0.1, 0.15) is 0 Å². The van der Waals surface area contributed by atoms with Crippen molar-refractivity contribution < 1.29 is 4.74 Å². The molecule has 1 spiro atoms. The number of ether oxygens (including phenoxy) is 1. The van der Waals surface area contributed by atoms with Gasteiger partial charge in [0.2, 0.25) is 0 Å². The summed E-state index contributed by atoms with van der Waals surface area (Å²) in [7, 11) is 0. The van der Waals surface area contributed by atoms with E-state index in [2.05, 4.69) is 23.5 Å². The molecule has 2 fully saturated rings. The van der Waals surface area contributed by atoms with Gasteiger partial charge in [0.15, 0.2) is 0 Å². The van der Waals surface area contributed by atoms with Crippen LogP contribution in [0.25, 0.3) is 0 Å². The first-order chi connectivity index (χ1) is 9.30. The van der Waals surface area contributed by atoms with Crippen molar-refractivity contribution in [2.24, 2.45) is 0 Å². The molecule has 3 rings (SSSR count). The van der Waals surface area contributed by atoms with Crippen LogP contribution in [0.4, 0.5) is 5.69 Å². The van der Waals surface area contributed by atoms with Gasteiger partial charge in [-0.15, -0.1) is 0 Å². The molecule has 100 valence electrons. The van der Waals surface area contributed by atoms with E-state index in [1.54, 1.807) is 0 Å². The fourth-order valence-electron chi connectivity index (χ4n) is 3.12. The molecule has 1 N–H and O–H groups in total. The first-order valence-electron chi connectivity index (χ1n) is 7.16. The summed E-state index contributed by atoms with van der Waals surface area (Å²) in [6.45, 7) is 0.879. The van der Waals surface area contributed by atoms with E-state index in [-0.39, 0.29) is 5.60 Å². The summed E-state index contributed by atoms with van der Waals surface area (Å²) < 4.78 is 5.94. The van der Waals surface area contributed by atoms with Gasteiger partial charge < -0.3 is 10.1 Å². The van der Waals surface area contributed by atoms with Gasteiger partial charge in [-0.2, -0.15) is 5.26 Å². The lowest BCUT2D eigenvalue weighted by Crippen LogP contribution is -2.48. The third-order valence-corrected chi connectivity index (χ3v) is 4.37. The maximum Gasteiger partial charge on any atom is 0.0702 e. The normalized spacial score (nSPS) is 24.5. The van der Waals surface area contributed by atoms with Crippen molar-refractivity contribution >= 4 is 5.69 Å². The molecule has 1 aromatic rings. The second-order valence-corrected chi connectivity index (χ2v) is 5.75. The molecule has 0 amide bonds. The van der Waals surface area contributed by atoms with E-state index in [0.717, 1.165) is 30.7 Å². The minimum Gasteiger partial charge on any atom is -0.382 e. The average Bonchev–Trinajstić information content (AvgIpc) is 2.40. The summed E-state index contributed by atoms with van der Waals surface area (Å²) >= 11 is 0. The van der Waals surface area contributed by atoms with Crippen LogP contribution in [0.5, 0.6) is 0 Å². The summed E-state index contributed by atoms with van der Waals surface area (Å²) in [6, 6.07) is 10.9. The number of hydrogen-bond acceptors (Lipinski definition) is 3. The lowest BCUT2D eigenvalue weighted by atomic mass is 9.74. The first kappa shape index (κ1) is 12.5. The molecule has 0 aromatic heterocycles. The Morgan fingerprint density at radius 1 is 1.32 bits per heavy atom. The zero-order valence-corrected chi connectivity index (χ0v) is 11.2. The van der Waals surface area contributed by atoms with E-state index in [0.29, 0.717) is 12.5 Å². The van der Waals surface area contributed by atoms with Crippen molar-refractivity contribution in [1.29, 1.82) is 5.26 Å². The fraction of sp³-hybridized carbons (Fsp3) is 0.562. The number of rotatable bonds is 3. The van der Waals surface area contributed by atoms with Crippen LogP contribution >= 0.6 is 0 Å². The van der Waals surface area contributed by atoms with E-state index < -0.39 is 0 Å². The summed E-state index contributed by atoms with van der Waals surface area (Å²) in [5.41, 5.74) is 2.43. The van der Waals surface area contributed by atoms with E-state index in [1.807, 2.05) is 12.1 Å². The number of nitrogens with one attached hydrogen (secondary N) is 1. The van der Waals surface area contributed by atoms with E-state index in [1.165, 1.54) is 19.3 Å². The van der Waals surface area contributed by atoms with Crippen LogP contribution < -0.4 is 5.32 Å². The maximum absolute atomic E-state index is 8.66. The van der Waals surface area contributed by atoms with Crippen LogP contribution in [0, 0.1) is 11.3 Å². The van der Waals surface area contributed by atoms with E-state index in [4.69, 9.17) is 10.00 Å². The van der Waals surface area contributed by atoms with Crippen LogP contribution in [0.2, 0.25) is 0 Å². The predicted molar refractivity (Wildman–Crippen MR) is 74.9 cm³/mol. The Bertz CT molecular complexity index is 471. The van der Waals surface area contributed by atoms with Gasteiger partial charge in [0.05, 0.1) is 18.1 Å². The Hall–Kier alpha value is -1.53. The summed E-state index contributed by atoms with van der Waals surface area (Å²) in [4.78, 5) is 0. The highest BCUT2D eigenvalue weighted by Crippen LogP contribution is 2.42. The zero-order valence-electron chi connectivity index (χ0n) is 11.2. The summed E-state index contributed by atoms with van der Waals surface area (Å²) in [5, 5.41) is 12.3. The molecule has 1 saturated carbocycles. The van der Waals surface area contributed by atoms with Crippen LogP contribution in [0.15, 0.2) is 24.3 Å². The fourth-order valence-corrected chi connectivity index (χ4v) is 3.12. The maximum atomic E-state index is 8.66. The molecular formula is C16H20N2O. The summed E-state index contributed by atoms with van der Waals surface area (Å²) in [6.07, 6.45) is 6.48. The number of hydrogen-bond donors (Lipinski definition) is 1. The van der Waals surface area contributed by atoms with Crippen molar-refractivity contribution in [2.45, 2.75) is 50.2 Å². The minimum atomic E-state index is 0.191. The molecule has 1 heterocycles. The number of anilines is 1. The van der Waals surface area contributed by atoms with Crippen molar-refractivity contribution in [2.75, 3.05) is 11.9 Å². The Balaban J connectivity index is 1.60. The van der Waals surface area contributed by atoms with Crippen LogP contribution in [0.1, 0.15) is 37.7 Å². The monoisotopic (exact) mass is 256 g/mol. The number of nitriles is 1. The van der Waals surface area contributed by atoms with E-state index >= 15 is 0 Å². The number of benzene rings is 1. The minimum absolute atomic E-state index is 0.191. The quantitative estimate of drug-likeness (QED) is 0.902. The Labute approximate surface area is 114 Å². The van der Waals surface area contributed by atoms with Crippen LogP contribution in [0.3, 0.4) is 0 Å². The average molecular weight is 256 g/mol. The van der Waals surface area contributed by atoms with E-state index in [9.17, 15) is 0 Å². The Morgan fingerprint density at radius 3 is 2.74 bits per heavy atom. The van der Waals surface area contributed by atoms with Crippen molar-refractivity contribution in [3.63, 3.8) is 0 Å². The molecule has 2 aliphatic rings. The van der Waals surface area contributed by atoms with Gasteiger partial charge in [0, 0.05) is 18.3 Å². The molecule has 0 radical (unpaired) electrons. The molecule has 3 nitrogen and oxygen atoms in total. The van der Waals surface area contributed by atoms with Gasteiger partial charge in [-0.25, -0.2) is 0 Å². The predicted octanol–water partition coefficient (Wildman–Crippen LogP) is 3.27. The zero-order chi connectivity index (χ0) is 13.1. The molecule has 3 heteroatoms. The molecule has 1 aliphatic heterocycles. The highest BCUT2D eigenvalue weighted by molar-refractivity contribution is 5.46. The molecule has 1 aliphatic carbocycles. The SMILES string of the molecule is N#CCc1ccc(NC2CCOC3(CCC3)C2)cc1. The Morgan fingerprint density at radius 2 is 2.11 bits per heavy atom. The van der Waals surface area contributed by atoms with Crippen LogP contribution in [-0.4, -0.2) is 18.2 Å². The van der Waals surface area contributed by atoms with Gasteiger partial charge in [0.25, 0.3) is 0 Å². The highest BCUT2D eigenvalue weighted by Gasteiger charge is 2.42. The third-order valence-electron chi connectivity index (χ3n) is 4.37. The summed E-state index contributed by atoms with van der Waals surface area (Å²) in [5.74, 6) is 0. The lowest BCUT2D eigenvalue weighted by molar-refractivity contribution is -0.130.